The van der Waals surface area contributed by atoms with Crippen LogP contribution in [0.15, 0.2) is 126 Å². The van der Waals surface area contributed by atoms with Gasteiger partial charge in [0.1, 0.15) is 5.92 Å². The number of sulfone groups is 1. The fourth-order valence-electron chi connectivity index (χ4n) is 6.73. The number of Topliss-reactive ketones (excluding diaryl/α,β-unsaturated/α-hetero) is 1. The van der Waals surface area contributed by atoms with Gasteiger partial charge in [-0.1, -0.05) is 124 Å². The van der Waals surface area contributed by atoms with Gasteiger partial charge in [0.15, 0.2) is 26.2 Å². The molecule has 4 aromatic carbocycles. The Morgan fingerprint density at radius 2 is 1.33 bits per heavy atom. The van der Waals surface area contributed by atoms with Crippen LogP contribution in [0.5, 0.6) is 0 Å². The van der Waals surface area contributed by atoms with E-state index in [0.29, 0.717) is 11.1 Å². The Bertz CT molecular complexity index is 1960. The highest BCUT2D eigenvalue weighted by Gasteiger charge is 2.59. The summed E-state index contributed by atoms with van der Waals surface area (Å²) in [5.41, 5.74) is 1.79. The Labute approximate surface area is 270 Å². The minimum Gasteiger partial charge on any atom is -0.450 e. The lowest BCUT2D eigenvalue weighted by Gasteiger charge is -2.34. The zero-order valence-electron chi connectivity index (χ0n) is 26.2. The van der Waals surface area contributed by atoms with Gasteiger partial charge in [-0.05, 0) is 45.9 Å². The molecular weight excluding hydrogens is 594 g/mol. The molecule has 0 saturated carbocycles. The van der Waals surface area contributed by atoms with Crippen LogP contribution in [0.4, 0.5) is 0 Å². The fourth-order valence-corrected chi connectivity index (χ4v) is 8.01. The number of cyclic esters (lactones) is 1. The second kappa shape index (κ2) is 12.3. The molecule has 2 unspecified atom stereocenters. The molecule has 2 atom stereocenters. The quantitative estimate of drug-likeness (QED) is 0.125. The fraction of sp³-hybridized carbons (Fsp3) is 0.256. The zero-order valence-corrected chi connectivity index (χ0v) is 27.0. The lowest BCUT2D eigenvalue weighted by Crippen LogP contribution is -2.44. The second-order valence-electron chi connectivity index (χ2n) is 13.3. The molecule has 7 heteroatoms. The Morgan fingerprint density at radius 1 is 0.739 bits per heavy atom. The molecule has 2 heterocycles. The monoisotopic (exact) mass is 631 g/mol. The first-order valence-electron chi connectivity index (χ1n) is 15.5. The molecule has 46 heavy (non-hydrogen) atoms. The summed E-state index contributed by atoms with van der Waals surface area (Å²) in [4.78, 5) is 33.0. The van der Waals surface area contributed by atoms with Crippen molar-refractivity contribution in [3.8, 4) is 0 Å². The average molecular weight is 632 g/mol. The van der Waals surface area contributed by atoms with Crippen molar-refractivity contribution < 1.29 is 22.7 Å². The van der Waals surface area contributed by atoms with Crippen LogP contribution in [0, 0.1) is 11.3 Å². The van der Waals surface area contributed by atoms with E-state index >= 15 is 0 Å². The van der Waals surface area contributed by atoms with Crippen LogP contribution in [0.25, 0.3) is 10.9 Å². The van der Waals surface area contributed by atoms with Crippen LogP contribution < -0.4 is 0 Å². The number of aromatic nitrogens is 1. The lowest BCUT2D eigenvalue weighted by atomic mass is 9.66. The lowest BCUT2D eigenvalue weighted by molar-refractivity contribution is -0.153. The molecule has 1 fully saturated rings. The van der Waals surface area contributed by atoms with E-state index in [2.05, 4.69) is 4.98 Å². The number of rotatable bonds is 9. The Balaban J connectivity index is 1.35. The van der Waals surface area contributed by atoms with Gasteiger partial charge < -0.3 is 4.74 Å². The molecule has 1 aromatic heterocycles. The molecule has 0 N–H and O–H groups in total. The summed E-state index contributed by atoms with van der Waals surface area (Å²) in [5, 5.41) is 0.866. The van der Waals surface area contributed by atoms with E-state index in [4.69, 9.17) is 4.74 Å². The molecule has 6 rings (SSSR count). The van der Waals surface area contributed by atoms with Crippen molar-refractivity contribution in [1.82, 2.24) is 4.98 Å². The molecule has 5 aromatic rings. The van der Waals surface area contributed by atoms with Crippen LogP contribution in [0.2, 0.25) is 0 Å². The van der Waals surface area contributed by atoms with Crippen LogP contribution in [0.3, 0.4) is 0 Å². The third-order valence-electron chi connectivity index (χ3n) is 8.77. The van der Waals surface area contributed by atoms with Gasteiger partial charge in [0, 0.05) is 24.1 Å². The number of benzene rings is 4. The second-order valence-corrected chi connectivity index (χ2v) is 15.2. The zero-order chi connectivity index (χ0) is 32.5. The number of hydrogen-bond donors (Lipinski definition) is 0. The first kappa shape index (κ1) is 31.4. The number of hydrogen-bond acceptors (Lipinski definition) is 6. The number of carbonyl (C=O) groups excluding carboxylic acids is 2. The first-order valence-corrected chi connectivity index (χ1v) is 17.1. The summed E-state index contributed by atoms with van der Waals surface area (Å²) in [6.07, 6.45) is 0.523. The highest BCUT2D eigenvalue weighted by molar-refractivity contribution is 7.90. The van der Waals surface area contributed by atoms with Crippen molar-refractivity contribution in [2.45, 2.75) is 55.9 Å². The van der Waals surface area contributed by atoms with E-state index in [1.165, 1.54) is 6.07 Å². The summed E-state index contributed by atoms with van der Waals surface area (Å²) in [6.45, 7) is 5.99. The van der Waals surface area contributed by atoms with E-state index in [-0.39, 0.29) is 29.4 Å². The Hall–Kier alpha value is -4.62. The summed E-state index contributed by atoms with van der Waals surface area (Å²) in [6, 6.07) is 37.1. The third-order valence-corrected chi connectivity index (χ3v) is 10.3. The predicted molar refractivity (Wildman–Crippen MR) is 179 cm³/mol. The van der Waals surface area contributed by atoms with Gasteiger partial charge >= 0.3 is 5.97 Å². The summed E-state index contributed by atoms with van der Waals surface area (Å²) in [7, 11) is -3.78. The van der Waals surface area contributed by atoms with E-state index in [0.717, 1.165) is 22.1 Å². The van der Waals surface area contributed by atoms with Crippen molar-refractivity contribution in [1.29, 1.82) is 0 Å². The molecule has 0 radical (unpaired) electrons. The van der Waals surface area contributed by atoms with Crippen LogP contribution in [0.1, 0.15) is 48.9 Å². The van der Waals surface area contributed by atoms with E-state index in [9.17, 15) is 18.0 Å². The van der Waals surface area contributed by atoms with E-state index < -0.39 is 38.7 Å². The van der Waals surface area contributed by atoms with Crippen molar-refractivity contribution in [2.24, 2.45) is 11.3 Å². The van der Waals surface area contributed by atoms with Crippen molar-refractivity contribution in [3.05, 3.63) is 144 Å². The maximum atomic E-state index is 14.7. The SMILES string of the molecule is CC(C)(C)C(c1cccc(CS(=O)(=O)c2ccc3ccccc3n2)c1)C1C(=O)OC(Cc2ccccc2)(Cc2ccccc2)C1=O. The van der Waals surface area contributed by atoms with Gasteiger partial charge in [0.25, 0.3) is 0 Å². The number of para-hydroxylation sites is 1. The topological polar surface area (TPSA) is 90.4 Å². The number of pyridine rings is 1. The summed E-state index contributed by atoms with van der Waals surface area (Å²) >= 11 is 0. The van der Waals surface area contributed by atoms with Gasteiger partial charge in [-0.15, -0.1) is 0 Å². The number of carbonyl (C=O) groups is 2. The maximum absolute atomic E-state index is 14.7. The Kier molecular flexibility index (Phi) is 8.38. The average Bonchev–Trinajstić information content (AvgIpc) is 3.25. The number of fused-ring (bicyclic) bond motifs is 1. The number of esters is 1. The summed E-state index contributed by atoms with van der Waals surface area (Å²) in [5.74, 6) is -2.67. The molecule has 0 spiro atoms. The highest BCUT2D eigenvalue weighted by atomic mass is 32.2. The molecule has 0 bridgehead atoms. The molecule has 1 aliphatic heterocycles. The summed E-state index contributed by atoms with van der Waals surface area (Å²) < 4.78 is 33.2. The molecule has 1 aliphatic rings. The van der Waals surface area contributed by atoms with Crippen molar-refractivity contribution in [3.63, 3.8) is 0 Å². The maximum Gasteiger partial charge on any atom is 0.318 e. The Morgan fingerprint density at radius 3 is 1.96 bits per heavy atom. The number of ketones is 1. The largest absolute Gasteiger partial charge is 0.450 e. The smallest absolute Gasteiger partial charge is 0.318 e. The minimum absolute atomic E-state index is 0.00475. The van der Waals surface area contributed by atoms with Gasteiger partial charge in [-0.25, -0.2) is 13.4 Å². The van der Waals surface area contributed by atoms with Crippen LogP contribution in [-0.2, 0) is 42.8 Å². The molecule has 0 amide bonds. The van der Waals surface area contributed by atoms with Gasteiger partial charge in [0.2, 0.25) is 0 Å². The highest BCUT2D eigenvalue weighted by Crippen LogP contribution is 2.48. The van der Waals surface area contributed by atoms with Crippen molar-refractivity contribution >= 4 is 32.5 Å². The molecule has 6 nitrogen and oxygen atoms in total. The van der Waals surface area contributed by atoms with E-state index in [1.54, 1.807) is 24.3 Å². The molecule has 0 aliphatic carbocycles. The molecular formula is C39H37NO5S. The first-order chi connectivity index (χ1) is 22.0. The third kappa shape index (κ3) is 6.38. The number of nitrogens with zero attached hydrogens (tertiary/aromatic N) is 1. The van der Waals surface area contributed by atoms with Crippen molar-refractivity contribution in [2.75, 3.05) is 0 Å². The molecule has 234 valence electrons. The van der Waals surface area contributed by atoms with Crippen LogP contribution in [-0.4, -0.2) is 30.8 Å². The normalized spacial score (nSPS) is 17.2. The predicted octanol–water partition coefficient (Wildman–Crippen LogP) is 7.30. The number of ether oxygens (including phenoxy) is 1. The van der Waals surface area contributed by atoms with Gasteiger partial charge in [-0.2, -0.15) is 0 Å². The standard InChI is InChI=1S/C39H37NO5S/c1-38(2,3)35(31-19-12-17-29(23-31)26-46(43,44)33-22-21-30-18-10-11-20-32(30)40-33)34-36(41)39(45-37(34)42,24-27-13-6-4-7-14-27)25-28-15-8-5-9-16-28/h4-23,34-35H,24-26H2,1-3H3. The van der Waals surface area contributed by atoms with Gasteiger partial charge in [-0.3, -0.25) is 9.59 Å². The molecule has 1 saturated heterocycles. The van der Waals surface area contributed by atoms with Gasteiger partial charge in [0.05, 0.1) is 11.3 Å². The van der Waals surface area contributed by atoms with Crippen LogP contribution >= 0.6 is 0 Å². The van der Waals surface area contributed by atoms with E-state index in [1.807, 2.05) is 112 Å². The minimum atomic E-state index is -3.78.